The molecule has 1 aliphatic rings. The SMILES string of the molecule is Cc1cc(C(=O)Nc2ccc3c(c2)CCN3)ccc1Cl. The van der Waals surface area contributed by atoms with Gasteiger partial charge in [0, 0.05) is 28.5 Å². The fourth-order valence-electron chi connectivity index (χ4n) is 2.37. The third kappa shape index (κ3) is 2.49. The van der Waals surface area contributed by atoms with Gasteiger partial charge in [-0.1, -0.05) is 11.6 Å². The van der Waals surface area contributed by atoms with Crippen molar-refractivity contribution < 1.29 is 4.79 Å². The minimum absolute atomic E-state index is 0.115. The van der Waals surface area contributed by atoms with Gasteiger partial charge in [-0.15, -0.1) is 0 Å². The van der Waals surface area contributed by atoms with Crippen LogP contribution in [0, 0.1) is 6.92 Å². The molecule has 0 aromatic heterocycles. The van der Waals surface area contributed by atoms with Gasteiger partial charge in [0.05, 0.1) is 0 Å². The van der Waals surface area contributed by atoms with Crippen molar-refractivity contribution in [2.75, 3.05) is 17.2 Å². The molecule has 2 N–H and O–H groups in total. The molecule has 3 nitrogen and oxygen atoms in total. The first-order valence-corrected chi connectivity index (χ1v) is 6.95. The predicted octanol–water partition coefficient (Wildman–Crippen LogP) is 3.87. The van der Waals surface area contributed by atoms with Crippen molar-refractivity contribution >= 4 is 28.9 Å². The number of hydrogen-bond acceptors (Lipinski definition) is 2. The highest BCUT2D eigenvalue weighted by Gasteiger charge is 2.12. The molecule has 0 fully saturated rings. The van der Waals surface area contributed by atoms with Crippen molar-refractivity contribution in [3.05, 3.63) is 58.1 Å². The average molecular weight is 287 g/mol. The van der Waals surface area contributed by atoms with Crippen LogP contribution in [0.15, 0.2) is 36.4 Å². The van der Waals surface area contributed by atoms with Crippen LogP contribution in [-0.4, -0.2) is 12.5 Å². The van der Waals surface area contributed by atoms with Gasteiger partial charge in [0.15, 0.2) is 0 Å². The third-order valence-corrected chi connectivity index (χ3v) is 3.92. The lowest BCUT2D eigenvalue weighted by Crippen LogP contribution is -2.12. The Kier molecular flexibility index (Phi) is 3.36. The van der Waals surface area contributed by atoms with Crippen LogP contribution in [0.3, 0.4) is 0 Å². The Labute approximate surface area is 123 Å². The van der Waals surface area contributed by atoms with E-state index >= 15 is 0 Å². The van der Waals surface area contributed by atoms with E-state index in [1.165, 1.54) is 5.56 Å². The summed E-state index contributed by atoms with van der Waals surface area (Å²) < 4.78 is 0. The molecule has 1 amide bonds. The predicted molar refractivity (Wildman–Crippen MR) is 82.8 cm³/mol. The van der Waals surface area contributed by atoms with E-state index in [-0.39, 0.29) is 5.91 Å². The lowest BCUT2D eigenvalue weighted by Gasteiger charge is -2.08. The molecule has 0 spiro atoms. The molecule has 0 saturated carbocycles. The summed E-state index contributed by atoms with van der Waals surface area (Å²) in [5.74, 6) is -0.115. The van der Waals surface area contributed by atoms with Crippen molar-refractivity contribution in [1.82, 2.24) is 0 Å². The molecule has 0 saturated heterocycles. The highest BCUT2D eigenvalue weighted by Crippen LogP contribution is 2.25. The van der Waals surface area contributed by atoms with Gasteiger partial charge in [0.1, 0.15) is 0 Å². The number of carbonyl (C=O) groups is 1. The van der Waals surface area contributed by atoms with Crippen LogP contribution in [0.25, 0.3) is 0 Å². The van der Waals surface area contributed by atoms with Gasteiger partial charge < -0.3 is 10.6 Å². The lowest BCUT2D eigenvalue weighted by molar-refractivity contribution is 0.102. The van der Waals surface area contributed by atoms with Crippen LogP contribution in [0.5, 0.6) is 0 Å². The minimum Gasteiger partial charge on any atom is -0.384 e. The molecule has 0 atom stereocenters. The molecule has 2 aromatic rings. The van der Waals surface area contributed by atoms with E-state index < -0.39 is 0 Å². The number of nitrogens with one attached hydrogen (secondary N) is 2. The Morgan fingerprint density at radius 1 is 1.25 bits per heavy atom. The monoisotopic (exact) mass is 286 g/mol. The smallest absolute Gasteiger partial charge is 0.255 e. The molecule has 2 aromatic carbocycles. The van der Waals surface area contributed by atoms with Crippen molar-refractivity contribution in [3.63, 3.8) is 0 Å². The van der Waals surface area contributed by atoms with Crippen LogP contribution in [0.4, 0.5) is 11.4 Å². The van der Waals surface area contributed by atoms with Gasteiger partial charge in [-0.3, -0.25) is 4.79 Å². The van der Waals surface area contributed by atoms with Crippen LogP contribution in [0.2, 0.25) is 5.02 Å². The van der Waals surface area contributed by atoms with Crippen LogP contribution >= 0.6 is 11.6 Å². The summed E-state index contributed by atoms with van der Waals surface area (Å²) in [4.78, 5) is 12.2. The molecule has 1 heterocycles. The Bertz CT molecular complexity index is 682. The van der Waals surface area contributed by atoms with E-state index in [9.17, 15) is 4.79 Å². The van der Waals surface area contributed by atoms with Crippen molar-refractivity contribution in [1.29, 1.82) is 0 Å². The zero-order valence-electron chi connectivity index (χ0n) is 11.2. The number of hydrogen-bond donors (Lipinski definition) is 2. The first-order valence-electron chi connectivity index (χ1n) is 6.58. The van der Waals surface area contributed by atoms with Crippen molar-refractivity contribution in [2.45, 2.75) is 13.3 Å². The maximum absolute atomic E-state index is 12.2. The largest absolute Gasteiger partial charge is 0.384 e. The molecule has 0 radical (unpaired) electrons. The van der Waals surface area contributed by atoms with E-state index in [4.69, 9.17) is 11.6 Å². The second-order valence-corrected chi connectivity index (χ2v) is 5.37. The van der Waals surface area contributed by atoms with Gasteiger partial charge in [-0.05, 0) is 60.9 Å². The molecule has 1 aliphatic heterocycles. The van der Waals surface area contributed by atoms with Gasteiger partial charge >= 0.3 is 0 Å². The number of amides is 1. The number of rotatable bonds is 2. The number of halogens is 1. The van der Waals surface area contributed by atoms with Crippen LogP contribution in [-0.2, 0) is 6.42 Å². The summed E-state index contributed by atoms with van der Waals surface area (Å²) in [6.45, 7) is 2.85. The molecule has 102 valence electrons. The Hall–Kier alpha value is -2.00. The second-order valence-electron chi connectivity index (χ2n) is 4.97. The third-order valence-electron chi connectivity index (χ3n) is 3.49. The van der Waals surface area contributed by atoms with Gasteiger partial charge in [-0.25, -0.2) is 0 Å². The number of benzene rings is 2. The minimum atomic E-state index is -0.115. The Morgan fingerprint density at radius 3 is 2.90 bits per heavy atom. The Balaban J connectivity index is 1.80. The number of carbonyl (C=O) groups excluding carboxylic acids is 1. The summed E-state index contributed by atoms with van der Waals surface area (Å²) in [6.07, 6.45) is 0.999. The maximum Gasteiger partial charge on any atom is 0.255 e. The van der Waals surface area contributed by atoms with Crippen molar-refractivity contribution in [2.24, 2.45) is 0 Å². The topological polar surface area (TPSA) is 41.1 Å². The quantitative estimate of drug-likeness (QED) is 0.880. The van der Waals surface area contributed by atoms with E-state index in [0.717, 1.165) is 29.9 Å². The first-order chi connectivity index (χ1) is 9.63. The van der Waals surface area contributed by atoms with Crippen LogP contribution in [0.1, 0.15) is 21.5 Å². The highest BCUT2D eigenvalue weighted by atomic mass is 35.5. The summed E-state index contributed by atoms with van der Waals surface area (Å²) in [6, 6.07) is 11.2. The number of anilines is 2. The summed E-state index contributed by atoms with van der Waals surface area (Å²) in [7, 11) is 0. The molecular weight excluding hydrogens is 272 g/mol. The zero-order valence-corrected chi connectivity index (χ0v) is 11.9. The van der Waals surface area contributed by atoms with E-state index in [2.05, 4.69) is 10.6 Å². The maximum atomic E-state index is 12.2. The van der Waals surface area contributed by atoms with Gasteiger partial charge in [0.25, 0.3) is 5.91 Å². The zero-order chi connectivity index (χ0) is 14.1. The highest BCUT2D eigenvalue weighted by molar-refractivity contribution is 6.31. The molecular formula is C16H15ClN2O. The lowest BCUT2D eigenvalue weighted by atomic mass is 10.1. The molecule has 3 rings (SSSR count). The molecule has 0 unspecified atom stereocenters. The molecule has 0 aliphatic carbocycles. The normalized spacial score (nSPS) is 12.7. The second kappa shape index (κ2) is 5.17. The van der Waals surface area contributed by atoms with E-state index in [0.29, 0.717) is 10.6 Å². The average Bonchev–Trinajstić information content (AvgIpc) is 2.89. The fraction of sp³-hybridized carbons (Fsp3) is 0.188. The summed E-state index contributed by atoms with van der Waals surface area (Å²) in [5.41, 5.74) is 4.74. The first kappa shape index (κ1) is 13.0. The summed E-state index contributed by atoms with van der Waals surface area (Å²) in [5, 5.41) is 6.89. The number of fused-ring (bicyclic) bond motifs is 1. The fourth-order valence-corrected chi connectivity index (χ4v) is 2.49. The van der Waals surface area contributed by atoms with Crippen LogP contribution < -0.4 is 10.6 Å². The van der Waals surface area contributed by atoms with Gasteiger partial charge in [-0.2, -0.15) is 0 Å². The van der Waals surface area contributed by atoms with E-state index in [1.807, 2.05) is 25.1 Å². The number of aryl methyl sites for hydroxylation is 1. The molecule has 20 heavy (non-hydrogen) atoms. The Morgan fingerprint density at radius 2 is 2.10 bits per heavy atom. The molecule has 4 heteroatoms. The summed E-state index contributed by atoms with van der Waals surface area (Å²) >= 11 is 5.97. The van der Waals surface area contributed by atoms with Gasteiger partial charge in [0.2, 0.25) is 0 Å². The van der Waals surface area contributed by atoms with E-state index in [1.54, 1.807) is 18.2 Å². The molecule has 0 bridgehead atoms. The standard InChI is InChI=1S/C16H15ClN2O/c1-10-8-12(2-4-14(10)17)16(20)19-13-3-5-15-11(9-13)6-7-18-15/h2-5,8-9,18H,6-7H2,1H3,(H,19,20). The van der Waals surface area contributed by atoms with Crippen molar-refractivity contribution in [3.8, 4) is 0 Å².